The lowest BCUT2D eigenvalue weighted by Crippen LogP contribution is -2.11. The van der Waals surface area contributed by atoms with Crippen LogP contribution < -0.4 is 4.74 Å². The summed E-state index contributed by atoms with van der Waals surface area (Å²) in [6, 6.07) is 13.5. The van der Waals surface area contributed by atoms with Crippen molar-refractivity contribution in [1.82, 2.24) is 0 Å². The van der Waals surface area contributed by atoms with E-state index in [-0.39, 0.29) is 0 Å². The highest BCUT2D eigenvalue weighted by molar-refractivity contribution is 5.70. The van der Waals surface area contributed by atoms with Crippen LogP contribution in [0.25, 0.3) is 11.1 Å². The normalized spacial score (nSPS) is 11.1. The van der Waals surface area contributed by atoms with E-state index in [4.69, 9.17) is 4.74 Å². The molecule has 2 rings (SSSR count). The molecule has 0 fully saturated rings. The van der Waals surface area contributed by atoms with Gasteiger partial charge in [0.25, 0.3) is 0 Å². The Labute approximate surface area is 148 Å². The Kier molecular flexibility index (Phi) is 6.90. The zero-order valence-electron chi connectivity index (χ0n) is 16.0. The number of ether oxygens (including phenoxy) is 1. The molecule has 2 aromatic carbocycles. The fourth-order valence-corrected chi connectivity index (χ4v) is 3.10. The van der Waals surface area contributed by atoms with Crippen molar-refractivity contribution in [2.75, 3.05) is 6.61 Å². The second-order valence-corrected chi connectivity index (χ2v) is 6.68. The van der Waals surface area contributed by atoms with Crippen LogP contribution in [-0.2, 0) is 12.8 Å². The summed E-state index contributed by atoms with van der Waals surface area (Å²) >= 11 is 0. The van der Waals surface area contributed by atoms with Crippen molar-refractivity contribution in [3.05, 3.63) is 53.1 Å². The van der Waals surface area contributed by atoms with Crippen molar-refractivity contribution in [2.24, 2.45) is 5.92 Å². The molecule has 0 radical (unpaired) electrons. The number of aryl methyl sites for hydroxylation is 3. The summed E-state index contributed by atoms with van der Waals surface area (Å²) in [5.41, 5.74) is 6.64. The lowest BCUT2D eigenvalue weighted by Gasteiger charge is -2.19. The van der Waals surface area contributed by atoms with Gasteiger partial charge in [-0.25, -0.2) is 0 Å². The Balaban J connectivity index is 2.35. The molecule has 2 aromatic rings. The molecule has 0 unspecified atom stereocenters. The highest BCUT2D eigenvalue weighted by Gasteiger charge is 2.12. The first-order valence-corrected chi connectivity index (χ1v) is 9.48. The average molecular weight is 325 g/mol. The summed E-state index contributed by atoms with van der Waals surface area (Å²) in [5.74, 6) is 1.73. The van der Waals surface area contributed by atoms with Crippen molar-refractivity contribution in [3.8, 4) is 16.9 Å². The van der Waals surface area contributed by atoms with Gasteiger partial charge in [0.2, 0.25) is 0 Å². The molecule has 1 heteroatoms. The number of benzene rings is 2. The van der Waals surface area contributed by atoms with Crippen LogP contribution in [0.15, 0.2) is 36.4 Å². The second kappa shape index (κ2) is 8.92. The second-order valence-electron chi connectivity index (χ2n) is 6.68. The van der Waals surface area contributed by atoms with Gasteiger partial charge in [-0.15, -0.1) is 0 Å². The molecule has 24 heavy (non-hydrogen) atoms. The molecule has 0 saturated heterocycles. The van der Waals surface area contributed by atoms with E-state index in [1.807, 2.05) is 0 Å². The van der Waals surface area contributed by atoms with E-state index >= 15 is 0 Å². The van der Waals surface area contributed by atoms with Gasteiger partial charge in [0.05, 0.1) is 6.61 Å². The maximum atomic E-state index is 6.22. The molecular weight excluding hydrogens is 292 g/mol. The highest BCUT2D eigenvalue weighted by atomic mass is 16.5. The Bertz CT molecular complexity index is 636. The maximum absolute atomic E-state index is 6.22. The third-order valence-electron chi connectivity index (χ3n) is 5.04. The summed E-state index contributed by atoms with van der Waals surface area (Å²) in [6.07, 6.45) is 4.38. The summed E-state index contributed by atoms with van der Waals surface area (Å²) in [7, 11) is 0. The van der Waals surface area contributed by atoms with Crippen LogP contribution in [0, 0.1) is 12.8 Å². The van der Waals surface area contributed by atoms with Crippen molar-refractivity contribution >= 4 is 0 Å². The van der Waals surface area contributed by atoms with E-state index in [9.17, 15) is 0 Å². The lowest BCUT2D eigenvalue weighted by molar-refractivity contribution is 0.238. The lowest BCUT2D eigenvalue weighted by atomic mass is 9.94. The van der Waals surface area contributed by atoms with Gasteiger partial charge < -0.3 is 4.74 Å². The first kappa shape index (κ1) is 18.6. The standard InChI is InChI=1S/C23H32O/c1-6-18(7-2)16-24-23-15-19(8-3)22(14-20(23)9-4)21-12-10-17(5)11-13-21/h10-15,18H,6-9,16H2,1-5H3. The van der Waals surface area contributed by atoms with Crippen LogP contribution in [0.1, 0.15) is 57.2 Å². The van der Waals surface area contributed by atoms with Gasteiger partial charge in [0, 0.05) is 0 Å². The van der Waals surface area contributed by atoms with Crippen LogP contribution in [0.3, 0.4) is 0 Å². The molecule has 0 aliphatic heterocycles. The molecule has 0 aliphatic carbocycles. The Morgan fingerprint density at radius 3 is 2.00 bits per heavy atom. The number of hydrogen-bond acceptors (Lipinski definition) is 1. The minimum Gasteiger partial charge on any atom is -0.493 e. The minimum atomic E-state index is 0.650. The zero-order chi connectivity index (χ0) is 17.5. The quantitative estimate of drug-likeness (QED) is 0.531. The largest absolute Gasteiger partial charge is 0.493 e. The predicted molar refractivity (Wildman–Crippen MR) is 105 cm³/mol. The molecule has 0 aliphatic rings. The third-order valence-corrected chi connectivity index (χ3v) is 5.04. The van der Waals surface area contributed by atoms with Crippen LogP contribution in [0.2, 0.25) is 0 Å². The average Bonchev–Trinajstić information content (AvgIpc) is 2.62. The predicted octanol–water partition coefficient (Wildman–Crippen LogP) is 6.60. The maximum Gasteiger partial charge on any atom is 0.122 e. The van der Waals surface area contributed by atoms with Gasteiger partial charge in [-0.05, 0) is 60.1 Å². The van der Waals surface area contributed by atoms with Gasteiger partial charge in [-0.1, -0.05) is 70.4 Å². The molecule has 0 spiro atoms. The van der Waals surface area contributed by atoms with Crippen LogP contribution in [-0.4, -0.2) is 6.61 Å². The van der Waals surface area contributed by atoms with Crippen molar-refractivity contribution in [1.29, 1.82) is 0 Å². The van der Waals surface area contributed by atoms with Crippen molar-refractivity contribution in [2.45, 2.75) is 60.3 Å². The van der Waals surface area contributed by atoms with Gasteiger partial charge in [-0.3, -0.25) is 0 Å². The molecule has 1 nitrogen and oxygen atoms in total. The summed E-state index contributed by atoms with van der Waals surface area (Å²) < 4.78 is 6.22. The van der Waals surface area contributed by atoms with Crippen LogP contribution in [0.5, 0.6) is 5.75 Å². The molecule has 0 aromatic heterocycles. The topological polar surface area (TPSA) is 9.23 Å². The first-order chi connectivity index (χ1) is 11.6. The molecule has 0 bridgehead atoms. The zero-order valence-corrected chi connectivity index (χ0v) is 16.0. The van der Waals surface area contributed by atoms with Crippen LogP contribution >= 0.6 is 0 Å². The smallest absolute Gasteiger partial charge is 0.122 e. The Morgan fingerprint density at radius 1 is 0.833 bits per heavy atom. The monoisotopic (exact) mass is 324 g/mol. The number of rotatable bonds is 8. The summed E-state index contributed by atoms with van der Waals surface area (Å²) in [5, 5.41) is 0. The first-order valence-electron chi connectivity index (χ1n) is 9.48. The van der Waals surface area contributed by atoms with E-state index in [1.165, 1.54) is 40.7 Å². The van der Waals surface area contributed by atoms with Crippen LogP contribution in [0.4, 0.5) is 0 Å². The summed E-state index contributed by atoms with van der Waals surface area (Å²) in [6.45, 7) is 11.9. The van der Waals surface area contributed by atoms with Gasteiger partial charge >= 0.3 is 0 Å². The molecule has 0 amide bonds. The Hall–Kier alpha value is -1.76. The van der Waals surface area contributed by atoms with E-state index in [1.54, 1.807) is 0 Å². The molecule has 0 N–H and O–H groups in total. The van der Waals surface area contributed by atoms with E-state index in [0.717, 1.165) is 25.2 Å². The third kappa shape index (κ3) is 4.41. The van der Waals surface area contributed by atoms with E-state index < -0.39 is 0 Å². The van der Waals surface area contributed by atoms with Crippen molar-refractivity contribution < 1.29 is 4.74 Å². The highest BCUT2D eigenvalue weighted by Crippen LogP contribution is 2.32. The molecular formula is C23H32O. The molecule has 0 heterocycles. The van der Waals surface area contributed by atoms with Crippen molar-refractivity contribution in [3.63, 3.8) is 0 Å². The van der Waals surface area contributed by atoms with E-state index in [0.29, 0.717) is 5.92 Å². The Morgan fingerprint density at radius 2 is 1.46 bits per heavy atom. The molecule has 130 valence electrons. The number of hydrogen-bond donors (Lipinski definition) is 0. The SMILES string of the molecule is CCc1cc(-c2ccc(C)cc2)c(CC)cc1OCC(CC)CC. The fourth-order valence-electron chi connectivity index (χ4n) is 3.10. The van der Waals surface area contributed by atoms with Gasteiger partial charge in [0.15, 0.2) is 0 Å². The minimum absolute atomic E-state index is 0.650. The van der Waals surface area contributed by atoms with E-state index in [2.05, 4.69) is 71.0 Å². The van der Waals surface area contributed by atoms with Gasteiger partial charge in [-0.2, -0.15) is 0 Å². The molecule has 0 atom stereocenters. The summed E-state index contributed by atoms with van der Waals surface area (Å²) in [4.78, 5) is 0. The fraction of sp³-hybridized carbons (Fsp3) is 0.478. The van der Waals surface area contributed by atoms with Gasteiger partial charge in [0.1, 0.15) is 5.75 Å². The molecule has 0 saturated carbocycles.